The number of amides is 2. The topological polar surface area (TPSA) is 82.8 Å². The number of likely N-dealkylation sites (tertiary alicyclic amines) is 1. The second-order valence-corrected chi connectivity index (χ2v) is 10.8. The molecule has 202 valence electrons. The van der Waals surface area contributed by atoms with Crippen LogP contribution in [0.1, 0.15) is 44.0 Å². The molecule has 2 aromatic rings. The molecule has 1 aromatic heterocycles. The van der Waals surface area contributed by atoms with Gasteiger partial charge in [-0.3, -0.25) is 14.4 Å². The third-order valence-electron chi connectivity index (χ3n) is 7.19. The molecule has 0 radical (unpaired) electrons. The Labute approximate surface area is 214 Å². The van der Waals surface area contributed by atoms with Gasteiger partial charge in [-0.05, 0) is 12.0 Å². The number of halogens is 3. The molecule has 1 aliphatic heterocycles. The fraction of sp³-hybridized carbons (Fsp3) is 0.519. The number of nitrogens with zero attached hydrogens (tertiary/aromatic N) is 3. The van der Waals surface area contributed by atoms with Crippen LogP contribution < -0.4 is 5.56 Å². The highest BCUT2D eigenvalue weighted by Gasteiger charge is 2.49. The summed E-state index contributed by atoms with van der Waals surface area (Å²) in [6.07, 6.45) is -4.15. The number of hydrogen-bond donors (Lipinski definition) is 1. The molecule has 0 bridgehead atoms. The molecule has 37 heavy (non-hydrogen) atoms. The minimum atomic E-state index is -4.45. The van der Waals surface area contributed by atoms with Crippen LogP contribution in [0.15, 0.2) is 47.4 Å². The predicted octanol–water partition coefficient (Wildman–Crippen LogP) is 3.80. The van der Waals surface area contributed by atoms with Crippen molar-refractivity contribution in [2.24, 2.45) is 11.3 Å². The second kappa shape index (κ2) is 10.3. The van der Waals surface area contributed by atoms with Crippen molar-refractivity contribution in [3.8, 4) is 11.1 Å². The molecule has 1 N–H and O–H groups in total. The predicted molar refractivity (Wildman–Crippen MR) is 134 cm³/mol. The van der Waals surface area contributed by atoms with E-state index in [1.807, 2.05) is 6.07 Å². The molecule has 1 fully saturated rings. The quantitative estimate of drug-likeness (QED) is 0.627. The number of hydrogen-bond acceptors (Lipinski definition) is 4. The minimum Gasteiger partial charge on any atom is -0.387 e. The van der Waals surface area contributed by atoms with Gasteiger partial charge in [0.1, 0.15) is 0 Å². The molecule has 1 saturated heterocycles. The third-order valence-corrected chi connectivity index (χ3v) is 7.19. The lowest BCUT2D eigenvalue weighted by Gasteiger charge is -2.50. The highest BCUT2D eigenvalue weighted by Crippen LogP contribution is 2.41. The van der Waals surface area contributed by atoms with Crippen LogP contribution in [0, 0.1) is 11.3 Å². The van der Waals surface area contributed by atoms with Crippen LogP contribution in [-0.4, -0.2) is 70.3 Å². The fourth-order valence-corrected chi connectivity index (χ4v) is 4.84. The van der Waals surface area contributed by atoms with Crippen molar-refractivity contribution in [3.63, 3.8) is 0 Å². The molecule has 1 aromatic carbocycles. The number of piperidine rings is 1. The Morgan fingerprint density at radius 3 is 2.32 bits per heavy atom. The van der Waals surface area contributed by atoms with Crippen LogP contribution in [0.5, 0.6) is 0 Å². The SMILES string of the molecule is C[C@H](CC(F)(F)F)C(=O)N1CC[C@@](O)(Cn2cc(C(=O)N(C)C)c(-c3ccccc3)cc2=O)C(C)(C)C1. The van der Waals surface area contributed by atoms with Gasteiger partial charge >= 0.3 is 6.18 Å². The maximum absolute atomic E-state index is 13.1. The molecular weight excluding hydrogens is 487 g/mol. The normalized spacial score (nSPS) is 20.4. The summed E-state index contributed by atoms with van der Waals surface area (Å²) in [6, 6.07) is 10.4. The van der Waals surface area contributed by atoms with Crippen LogP contribution in [-0.2, 0) is 11.3 Å². The van der Waals surface area contributed by atoms with Gasteiger partial charge in [0.05, 0.1) is 24.1 Å². The van der Waals surface area contributed by atoms with Crippen LogP contribution >= 0.6 is 0 Å². The van der Waals surface area contributed by atoms with Gasteiger partial charge in [0.15, 0.2) is 0 Å². The first-order valence-electron chi connectivity index (χ1n) is 12.1. The first kappa shape index (κ1) is 28.4. The van der Waals surface area contributed by atoms with Crippen LogP contribution in [0.4, 0.5) is 13.2 Å². The summed E-state index contributed by atoms with van der Waals surface area (Å²) in [4.78, 5) is 41.6. The molecule has 0 spiro atoms. The lowest BCUT2D eigenvalue weighted by Crippen LogP contribution is -2.61. The largest absolute Gasteiger partial charge is 0.389 e. The molecule has 10 heteroatoms. The Kier molecular flexibility index (Phi) is 7.93. The Morgan fingerprint density at radius 2 is 1.78 bits per heavy atom. The van der Waals surface area contributed by atoms with E-state index in [4.69, 9.17) is 0 Å². The van der Waals surface area contributed by atoms with E-state index < -0.39 is 41.0 Å². The zero-order valence-electron chi connectivity index (χ0n) is 21.8. The van der Waals surface area contributed by atoms with Crippen LogP contribution in [0.2, 0.25) is 0 Å². The van der Waals surface area contributed by atoms with Gasteiger partial charge in [0.2, 0.25) is 5.91 Å². The second-order valence-electron chi connectivity index (χ2n) is 10.8. The summed E-state index contributed by atoms with van der Waals surface area (Å²) in [5.74, 6) is -2.15. The summed E-state index contributed by atoms with van der Waals surface area (Å²) < 4.78 is 39.7. The van der Waals surface area contributed by atoms with E-state index in [0.717, 1.165) is 0 Å². The van der Waals surface area contributed by atoms with Crippen molar-refractivity contribution >= 4 is 11.8 Å². The van der Waals surface area contributed by atoms with Gasteiger partial charge in [-0.1, -0.05) is 51.1 Å². The van der Waals surface area contributed by atoms with Gasteiger partial charge in [-0.15, -0.1) is 0 Å². The van der Waals surface area contributed by atoms with Crippen LogP contribution in [0.3, 0.4) is 0 Å². The lowest BCUT2D eigenvalue weighted by molar-refractivity contribution is -0.169. The van der Waals surface area contributed by atoms with Gasteiger partial charge in [0, 0.05) is 56.3 Å². The molecule has 2 atom stereocenters. The van der Waals surface area contributed by atoms with Crippen molar-refractivity contribution < 1.29 is 27.9 Å². The van der Waals surface area contributed by atoms with E-state index in [1.54, 1.807) is 52.2 Å². The third kappa shape index (κ3) is 6.23. The molecular formula is C27H34F3N3O4. The standard InChI is InChI=1S/C27H34F3N3O4/c1-18(14-27(28,29)30)23(35)32-12-11-26(37,25(2,3)16-32)17-33-15-21(24(36)31(4)5)20(13-22(33)34)19-9-7-6-8-10-19/h6-10,13,15,18,37H,11-12,14,16-17H2,1-5H3/t18-,26-/m1/s1. The van der Waals surface area contributed by atoms with Gasteiger partial charge in [-0.25, -0.2) is 0 Å². The molecule has 1 aliphatic rings. The number of aromatic nitrogens is 1. The molecule has 0 saturated carbocycles. The van der Waals surface area contributed by atoms with E-state index >= 15 is 0 Å². The summed E-state index contributed by atoms with van der Waals surface area (Å²) in [7, 11) is 3.21. The summed E-state index contributed by atoms with van der Waals surface area (Å²) in [6.45, 7) is 4.64. The number of rotatable bonds is 6. The average molecular weight is 522 g/mol. The monoisotopic (exact) mass is 521 g/mol. The summed E-state index contributed by atoms with van der Waals surface area (Å²) in [5, 5.41) is 11.7. The molecule has 3 rings (SSSR count). The maximum Gasteiger partial charge on any atom is 0.389 e. The Balaban J connectivity index is 1.91. The Bertz CT molecular complexity index is 1210. The van der Waals surface area contributed by atoms with Gasteiger partial charge in [0.25, 0.3) is 11.5 Å². The average Bonchev–Trinajstić information content (AvgIpc) is 2.80. The first-order valence-corrected chi connectivity index (χ1v) is 12.1. The first-order chi connectivity index (χ1) is 17.0. The Morgan fingerprint density at radius 1 is 1.16 bits per heavy atom. The number of benzene rings is 1. The number of aliphatic hydroxyl groups is 1. The lowest BCUT2D eigenvalue weighted by atomic mass is 9.69. The van der Waals surface area contributed by atoms with E-state index in [0.29, 0.717) is 16.7 Å². The number of pyridine rings is 1. The molecule has 0 aliphatic carbocycles. The van der Waals surface area contributed by atoms with E-state index in [9.17, 15) is 32.7 Å². The summed E-state index contributed by atoms with van der Waals surface area (Å²) >= 11 is 0. The maximum atomic E-state index is 13.1. The summed E-state index contributed by atoms with van der Waals surface area (Å²) in [5.41, 5.74) is -1.32. The van der Waals surface area contributed by atoms with Crippen molar-refractivity contribution in [2.45, 2.75) is 51.9 Å². The highest BCUT2D eigenvalue weighted by molar-refractivity contribution is 6.00. The van der Waals surface area contributed by atoms with E-state index in [2.05, 4.69) is 0 Å². The zero-order valence-corrected chi connectivity index (χ0v) is 21.8. The zero-order chi connectivity index (χ0) is 27.8. The molecule has 0 unspecified atom stereocenters. The van der Waals surface area contributed by atoms with E-state index in [-0.39, 0.29) is 32.0 Å². The number of carbonyl (C=O) groups is 2. The Hall–Kier alpha value is -3.14. The van der Waals surface area contributed by atoms with Crippen LogP contribution in [0.25, 0.3) is 11.1 Å². The fourth-order valence-electron chi connectivity index (χ4n) is 4.84. The molecule has 2 amide bonds. The van der Waals surface area contributed by atoms with Crippen molar-refractivity contribution in [1.29, 1.82) is 0 Å². The van der Waals surface area contributed by atoms with E-state index in [1.165, 1.54) is 33.6 Å². The van der Waals surface area contributed by atoms with Crippen molar-refractivity contribution in [2.75, 3.05) is 27.2 Å². The van der Waals surface area contributed by atoms with Crippen molar-refractivity contribution in [3.05, 3.63) is 58.5 Å². The highest BCUT2D eigenvalue weighted by atomic mass is 19.4. The van der Waals surface area contributed by atoms with Gasteiger partial charge < -0.3 is 19.5 Å². The van der Waals surface area contributed by atoms with Crippen molar-refractivity contribution in [1.82, 2.24) is 14.4 Å². The number of alkyl halides is 3. The smallest absolute Gasteiger partial charge is 0.387 e. The minimum absolute atomic E-state index is 0.0326. The molecule has 7 nitrogen and oxygen atoms in total. The number of carbonyl (C=O) groups excluding carboxylic acids is 2. The molecule has 2 heterocycles. The van der Waals surface area contributed by atoms with Gasteiger partial charge in [-0.2, -0.15) is 13.2 Å².